The normalized spacial score (nSPS) is 37.7. The van der Waals surface area contributed by atoms with Crippen molar-refractivity contribution in [2.75, 3.05) is 0 Å². The van der Waals surface area contributed by atoms with E-state index < -0.39 is 0 Å². The maximum Gasteiger partial charge on any atom is -0.00479 e. The fraction of sp³-hybridized carbons (Fsp3) is 0.647. The number of fused-ring (bicyclic) bond motifs is 1. The highest BCUT2D eigenvalue weighted by Crippen LogP contribution is 2.53. The van der Waals surface area contributed by atoms with Crippen LogP contribution in [0.2, 0.25) is 0 Å². The number of allylic oxidation sites excluding steroid dienone is 5. The molecular weight excluding hydrogens is 204 g/mol. The average molecular weight is 230 g/mol. The molecule has 17 heavy (non-hydrogen) atoms. The Balaban J connectivity index is 2.27. The first-order valence-corrected chi connectivity index (χ1v) is 7.05. The van der Waals surface area contributed by atoms with Crippen LogP contribution in [-0.4, -0.2) is 0 Å². The molecule has 0 unspecified atom stereocenters. The number of rotatable bonds is 2. The Morgan fingerprint density at radius 1 is 1.47 bits per heavy atom. The Kier molecular flexibility index (Phi) is 3.61. The fourth-order valence-corrected chi connectivity index (χ4v) is 3.80. The summed E-state index contributed by atoms with van der Waals surface area (Å²) in [6.07, 6.45) is 13.7. The quantitative estimate of drug-likeness (QED) is 0.566. The third-order valence-corrected chi connectivity index (χ3v) is 4.97. The van der Waals surface area contributed by atoms with Gasteiger partial charge in [-0.05, 0) is 63.2 Å². The van der Waals surface area contributed by atoms with Gasteiger partial charge in [-0.25, -0.2) is 0 Å². The van der Waals surface area contributed by atoms with Crippen molar-refractivity contribution in [2.24, 2.45) is 17.3 Å². The molecule has 2 aliphatic rings. The van der Waals surface area contributed by atoms with Crippen molar-refractivity contribution in [3.8, 4) is 0 Å². The fourth-order valence-electron chi connectivity index (χ4n) is 3.80. The molecule has 0 N–H and O–H groups in total. The lowest BCUT2D eigenvalue weighted by Crippen LogP contribution is -2.37. The van der Waals surface area contributed by atoms with Crippen molar-refractivity contribution in [3.63, 3.8) is 0 Å². The van der Waals surface area contributed by atoms with Crippen LogP contribution in [0.5, 0.6) is 0 Å². The van der Waals surface area contributed by atoms with Crippen molar-refractivity contribution in [2.45, 2.75) is 52.9 Å². The topological polar surface area (TPSA) is 0 Å². The second kappa shape index (κ2) is 4.84. The molecule has 0 nitrogen and oxygen atoms in total. The van der Waals surface area contributed by atoms with Gasteiger partial charge in [0.1, 0.15) is 0 Å². The van der Waals surface area contributed by atoms with E-state index in [1.54, 1.807) is 5.57 Å². The first-order valence-electron chi connectivity index (χ1n) is 7.05. The van der Waals surface area contributed by atoms with Gasteiger partial charge in [0.05, 0.1) is 0 Å². The van der Waals surface area contributed by atoms with Gasteiger partial charge in [0.25, 0.3) is 0 Å². The predicted molar refractivity (Wildman–Crippen MR) is 75.9 cm³/mol. The average Bonchev–Trinajstić information content (AvgIpc) is 2.29. The summed E-state index contributed by atoms with van der Waals surface area (Å²) in [7, 11) is 0. The molecule has 0 spiro atoms. The summed E-state index contributed by atoms with van der Waals surface area (Å²) in [4.78, 5) is 0. The standard InChI is InChI=1S/C17H26/c1-5-7-15-8-6-9-16-11-10-14(13(2)3)12-17(15,16)4/h5,7,9,14-15H,2,6,8,10-12H2,1,3-4H3/t14-,15-,17+/m1/s1. The second-order valence-electron chi connectivity index (χ2n) is 6.14. The molecule has 0 bridgehead atoms. The van der Waals surface area contributed by atoms with Gasteiger partial charge in [0.2, 0.25) is 0 Å². The van der Waals surface area contributed by atoms with Crippen LogP contribution in [0.1, 0.15) is 52.9 Å². The lowest BCUT2D eigenvalue weighted by atomic mass is 9.57. The highest BCUT2D eigenvalue weighted by atomic mass is 14.5. The van der Waals surface area contributed by atoms with E-state index in [9.17, 15) is 0 Å². The minimum atomic E-state index is 0.409. The summed E-state index contributed by atoms with van der Waals surface area (Å²) in [5.41, 5.74) is 3.52. The lowest BCUT2D eigenvalue weighted by Gasteiger charge is -2.47. The lowest BCUT2D eigenvalue weighted by molar-refractivity contribution is 0.170. The zero-order valence-electron chi connectivity index (χ0n) is 11.6. The molecule has 0 aromatic heterocycles. The third kappa shape index (κ3) is 2.27. The molecular formula is C17H26. The van der Waals surface area contributed by atoms with E-state index in [2.05, 4.69) is 45.6 Å². The van der Waals surface area contributed by atoms with Crippen molar-refractivity contribution < 1.29 is 0 Å². The molecule has 94 valence electrons. The van der Waals surface area contributed by atoms with Gasteiger partial charge in [-0.1, -0.05) is 42.9 Å². The second-order valence-corrected chi connectivity index (χ2v) is 6.14. The van der Waals surface area contributed by atoms with E-state index in [1.807, 2.05) is 0 Å². The highest BCUT2D eigenvalue weighted by molar-refractivity contribution is 5.25. The molecule has 0 radical (unpaired) electrons. The van der Waals surface area contributed by atoms with Crippen LogP contribution in [0.4, 0.5) is 0 Å². The molecule has 0 aromatic rings. The summed E-state index contributed by atoms with van der Waals surface area (Å²) < 4.78 is 0. The minimum absolute atomic E-state index is 0.409. The molecule has 0 heteroatoms. The molecule has 1 saturated carbocycles. The molecule has 0 aliphatic heterocycles. The molecule has 0 amide bonds. The van der Waals surface area contributed by atoms with E-state index in [4.69, 9.17) is 0 Å². The van der Waals surface area contributed by atoms with Crippen molar-refractivity contribution >= 4 is 0 Å². The Morgan fingerprint density at radius 2 is 2.24 bits per heavy atom. The largest absolute Gasteiger partial charge is 0.0999 e. The van der Waals surface area contributed by atoms with Crippen LogP contribution in [0.15, 0.2) is 36.0 Å². The smallest absolute Gasteiger partial charge is 0.00479 e. The zero-order chi connectivity index (χ0) is 12.5. The van der Waals surface area contributed by atoms with E-state index in [-0.39, 0.29) is 0 Å². The Labute approximate surface area is 106 Å². The van der Waals surface area contributed by atoms with Gasteiger partial charge in [0.15, 0.2) is 0 Å². The monoisotopic (exact) mass is 230 g/mol. The van der Waals surface area contributed by atoms with E-state index in [1.165, 1.54) is 37.7 Å². The predicted octanol–water partition coefficient (Wildman–Crippen LogP) is 5.28. The highest BCUT2D eigenvalue weighted by Gasteiger charge is 2.42. The molecule has 0 saturated heterocycles. The van der Waals surface area contributed by atoms with Crippen LogP contribution in [0.25, 0.3) is 0 Å². The summed E-state index contributed by atoms with van der Waals surface area (Å²) in [5.74, 6) is 1.48. The molecule has 0 heterocycles. The summed E-state index contributed by atoms with van der Waals surface area (Å²) >= 11 is 0. The Bertz CT molecular complexity index is 358. The van der Waals surface area contributed by atoms with Gasteiger partial charge >= 0.3 is 0 Å². The maximum atomic E-state index is 4.18. The maximum absolute atomic E-state index is 4.18. The number of hydrogen-bond acceptors (Lipinski definition) is 0. The zero-order valence-corrected chi connectivity index (χ0v) is 11.6. The first kappa shape index (κ1) is 12.7. The van der Waals surface area contributed by atoms with Gasteiger partial charge in [-0.2, -0.15) is 0 Å². The van der Waals surface area contributed by atoms with E-state index in [0.717, 1.165) is 11.8 Å². The van der Waals surface area contributed by atoms with Crippen LogP contribution in [0.3, 0.4) is 0 Å². The van der Waals surface area contributed by atoms with Crippen LogP contribution < -0.4 is 0 Å². The van der Waals surface area contributed by atoms with Gasteiger partial charge in [-0.3, -0.25) is 0 Å². The molecule has 2 rings (SSSR count). The summed E-state index contributed by atoms with van der Waals surface area (Å²) in [6.45, 7) is 11.0. The van der Waals surface area contributed by atoms with Crippen LogP contribution in [-0.2, 0) is 0 Å². The van der Waals surface area contributed by atoms with E-state index in [0.29, 0.717) is 5.41 Å². The van der Waals surface area contributed by atoms with E-state index >= 15 is 0 Å². The molecule has 0 aromatic carbocycles. The van der Waals surface area contributed by atoms with Crippen molar-refractivity contribution in [1.29, 1.82) is 0 Å². The summed E-state index contributed by atoms with van der Waals surface area (Å²) in [5, 5.41) is 0. The van der Waals surface area contributed by atoms with Crippen molar-refractivity contribution in [1.82, 2.24) is 0 Å². The SMILES string of the molecule is C=C(C)[C@@H]1CCC2=CCC[C@@H](C=CC)[C@]2(C)C1. The minimum Gasteiger partial charge on any atom is -0.0999 e. The first-order chi connectivity index (χ1) is 8.08. The third-order valence-electron chi connectivity index (χ3n) is 4.97. The molecule has 3 atom stereocenters. The number of hydrogen-bond donors (Lipinski definition) is 0. The van der Waals surface area contributed by atoms with Gasteiger partial charge < -0.3 is 0 Å². The van der Waals surface area contributed by atoms with Crippen molar-refractivity contribution in [3.05, 3.63) is 36.0 Å². The Morgan fingerprint density at radius 3 is 2.88 bits per heavy atom. The molecule has 2 aliphatic carbocycles. The Hall–Kier alpha value is -0.780. The van der Waals surface area contributed by atoms with Gasteiger partial charge in [-0.15, -0.1) is 0 Å². The molecule has 1 fully saturated rings. The van der Waals surface area contributed by atoms with Gasteiger partial charge in [0, 0.05) is 0 Å². The summed E-state index contributed by atoms with van der Waals surface area (Å²) in [6, 6.07) is 0. The van der Waals surface area contributed by atoms with Crippen LogP contribution in [0, 0.1) is 17.3 Å². The van der Waals surface area contributed by atoms with Crippen LogP contribution >= 0.6 is 0 Å².